The maximum Gasteiger partial charge on any atom is 0.490 e. The first-order valence-corrected chi connectivity index (χ1v) is 7.53. The number of carboxylic acid groups (broad SMARTS) is 1. The van der Waals surface area contributed by atoms with Gasteiger partial charge in [-0.3, -0.25) is 4.79 Å². The Balaban J connectivity index is 0.000000412. The van der Waals surface area contributed by atoms with Crippen LogP contribution in [0.15, 0.2) is 29.3 Å². The number of carbonyl (C=O) groups is 2. The van der Waals surface area contributed by atoms with Gasteiger partial charge in [0.25, 0.3) is 0 Å². The normalized spacial score (nSPS) is 17.2. The number of hydrogen-bond acceptors (Lipinski definition) is 4. The molecule has 0 aliphatic carbocycles. The third kappa shape index (κ3) is 6.97. The van der Waals surface area contributed by atoms with Crippen molar-refractivity contribution in [3.8, 4) is 0 Å². The Labute approximate surface area is 147 Å². The average Bonchev–Trinajstić information content (AvgIpc) is 2.53. The van der Waals surface area contributed by atoms with Crippen LogP contribution in [0.1, 0.15) is 18.4 Å². The second-order valence-electron chi connectivity index (χ2n) is 5.51. The first-order valence-electron chi connectivity index (χ1n) is 7.53. The number of benzene rings is 1. The van der Waals surface area contributed by atoms with E-state index in [1.165, 1.54) is 0 Å². The van der Waals surface area contributed by atoms with Crippen LogP contribution in [-0.4, -0.2) is 46.6 Å². The lowest BCUT2D eigenvalue weighted by atomic mass is 10.0. The summed E-state index contributed by atoms with van der Waals surface area (Å²) >= 11 is 0. The maximum atomic E-state index is 11.9. The molecule has 0 saturated carbocycles. The van der Waals surface area contributed by atoms with Crippen LogP contribution in [-0.2, 0) is 16.1 Å². The zero-order valence-electron chi connectivity index (χ0n) is 13.7. The number of alkyl halides is 3. The van der Waals surface area contributed by atoms with Crippen LogP contribution < -0.4 is 17.2 Å². The van der Waals surface area contributed by atoms with Gasteiger partial charge in [0, 0.05) is 13.1 Å². The fraction of sp³-hybridized carbons (Fsp3) is 0.400. The number of piperidine rings is 1. The van der Waals surface area contributed by atoms with E-state index in [9.17, 15) is 18.0 Å². The van der Waals surface area contributed by atoms with E-state index < -0.39 is 12.1 Å². The maximum absolute atomic E-state index is 11.9. The molecular weight excluding hydrogens is 355 g/mol. The number of carboxylic acids is 1. The van der Waals surface area contributed by atoms with Crippen molar-refractivity contribution in [2.45, 2.75) is 31.6 Å². The molecule has 0 spiro atoms. The molecule has 1 aliphatic heterocycles. The number of amides is 1. The van der Waals surface area contributed by atoms with Crippen LogP contribution >= 0.6 is 0 Å². The molecule has 1 saturated heterocycles. The van der Waals surface area contributed by atoms with Crippen LogP contribution in [0, 0.1) is 0 Å². The van der Waals surface area contributed by atoms with Crippen molar-refractivity contribution in [3.63, 3.8) is 0 Å². The van der Waals surface area contributed by atoms with E-state index >= 15 is 0 Å². The molecule has 1 atom stereocenters. The Hall–Kier alpha value is -2.82. The van der Waals surface area contributed by atoms with Gasteiger partial charge in [0.05, 0.1) is 11.7 Å². The second kappa shape index (κ2) is 9.04. The van der Waals surface area contributed by atoms with E-state index in [0.29, 0.717) is 12.2 Å². The minimum Gasteiger partial charge on any atom is -0.475 e. The van der Waals surface area contributed by atoms with Crippen LogP contribution in [0.25, 0.3) is 0 Å². The molecule has 1 fully saturated rings. The monoisotopic (exact) mass is 375 g/mol. The number of guanidine groups is 1. The fourth-order valence-corrected chi connectivity index (χ4v) is 2.17. The van der Waals surface area contributed by atoms with Gasteiger partial charge < -0.3 is 27.2 Å². The largest absolute Gasteiger partial charge is 0.490 e. The van der Waals surface area contributed by atoms with Crippen LogP contribution in [0.4, 0.5) is 18.9 Å². The molecule has 1 aliphatic rings. The third-order valence-electron chi connectivity index (χ3n) is 3.38. The van der Waals surface area contributed by atoms with E-state index in [1.54, 1.807) is 4.90 Å². The lowest BCUT2D eigenvalue weighted by molar-refractivity contribution is -0.192. The smallest absolute Gasteiger partial charge is 0.475 e. The van der Waals surface area contributed by atoms with E-state index in [2.05, 4.69) is 4.99 Å². The minimum atomic E-state index is -5.08. The Morgan fingerprint density at radius 3 is 2.27 bits per heavy atom. The number of nitrogens with zero attached hydrogens (tertiary/aromatic N) is 2. The molecule has 144 valence electrons. The lowest BCUT2D eigenvalue weighted by Crippen LogP contribution is -2.47. The molecule has 11 heteroatoms. The molecule has 1 unspecified atom stereocenters. The van der Waals surface area contributed by atoms with Crippen molar-refractivity contribution >= 4 is 23.5 Å². The molecule has 0 radical (unpaired) electrons. The highest BCUT2D eigenvalue weighted by atomic mass is 19.4. The molecular formula is C15H20F3N5O3. The first kappa shape index (κ1) is 21.2. The highest BCUT2D eigenvalue weighted by Crippen LogP contribution is 2.17. The minimum absolute atomic E-state index is 0.0274. The molecule has 8 nitrogen and oxygen atoms in total. The Kier molecular flexibility index (Phi) is 7.38. The van der Waals surface area contributed by atoms with Crippen molar-refractivity contribution in [1.29, 1.82) is 0 Å². The fourth-order valence-electron chi connectivity index (χ4n) is 2.17. The van der Waals surface area contributed by atoms with E-state index in [1.807, 2.05) is 24.3 Å². The summed E-state index contributed by atoms with van der Waals surface area (Å²) in [7, 11) is 0. The zero-order chi connectivity index (χ0) is 19.9. The topological polar surface area (TPSA) is 148 Å². The summed E-state index contributed by atoms with van der Waals surface area (Å²) in [5.74, 6) is -2.70. The standard InChI is InChI=1S/C13H19N5O.C2HF3O2/c14-11-2-1-7-18(12(11)19)8-9-3-5-10(6-4-9)17-13(15)16;3-2(4,5)1(6)7/h3-6,11H,1-2,7-8,14H2,(H4,15,16,17);(H,6,7). The highest BCUT2D eigenvalue weighted by Gasteiger charge is 2.38. The molecule has 0 aromatic heterocycles. The van der Waals surface area contributed by atoms with Crippen LogP contribution in [0.2, 0.25) is 0 Å². The quantitative estimate of drug-likeness (QED) is 0.451. The average molecular weight is 375 g/mol. The molecule has 1 heterocycles. The second-order valence-corrected chi connectivity index (χ2v) is 5.51. The molecule has 1 amide bonds. The van der Waals surface area contributed by atoms with Gasteiger partial charge in [-0.25, -0.2) is 9.79 Å². The number of carbonyl (C=O) groups excluding carboxylic acids is 1. The van der Waals surface area contributed by atoms with Gasteiger partial charge in [0.1, 0.15) is 0 Å². The number of nitrogens with two attached hydrogens (primary N) is 3. The van der Waals surface area contributed by atoms with Crippen molar-refractivity contribution in [1.82, 2.24) is 4.90 Å². The van der Waals surface area contributed by atoms with Crippen LogP contribution in [0.3, 0.4) is 0 Å². The predicted octanol–water partition coefficient (Wildman–Crippen LogP) is 0.675. The lowest BCUT2D eigenvalue weighted by Gasteiger charge is -2.30. The first-order chi connectivity index (χ1) is 12.0. The summed E-state index contributed by atoms with van der Waals surface area (Å²) in [6.07, 6.45) is -3.35. The van der Waals surface area contributed by atoms with E-state index in [-0.39, 0.29) is 17.9 Å². The zero-order valence-corrected chi connectivity index (χ0v) is 13.7. The van der Waals surface area contributed by atoms with Gasteiger partial charge in [-0.15, -0.1) is 0 Å². The summed E-state index contributed by atoms with van der Waals surface area (Å²) in [5.41, 5.74) is 18.1. The van der Waals surface area contributed by atoms with Gasteiger partial charge >= 0.3 is 12.1 Å². The third-order valence-corrected chi connectivity index (χ3v) is 3.38. The summed E-state index contributed by atoms with van der Waals surface area (Å²) in [4.78, 5) is 26.5. The molecule has 0 bridgehead atoms. The Morgan fingerprint density at radius 2 is 1.81 bits per heavy atom. The molecule has 2 rings (SSSR count). The molecule has 7 N–H and O–H groups in total. The van der Waals surface area contributed by atoms with Crippen molar-refractivity contribution in [3.05, 3.63) is 29.8 Å². The van der Waals surface area contributed by atoms with Crippen LogP contribution in [0.5, 0.6) is 0 Å². The van der Waals surface area contributed by atoms with Crippen molar-refractivity contribution in [2.24, 2.45) is 22.2 Å². The summed E-state index contributed by atoms with van der Waals surface area (Å²) < 4.78 is 31.7. The van der Waals surface area contributed by atoms with Gasteiger partial charge in [-0.05, 0) is 30.5 Å². The predicted molar refractivity (Wildman–Crippen MR) is 88.2 cm³/mol. The number of hydrogen-bond donors (Lipinski definition) is 4. The van der Waals surface area contributed by atoms with E-state index in [4.69, 9.17) is 27.1 Å². The Morgan fingerprint density at radius 1 is 1.27 bits per heavy atom. The number of aliphatic carboxylic acids is 1. The van der Waals surface area contributed by atoms with Gasteiger partial charge in [0.2, 0.25) is 5.91 Å². The summed E-state index contributed by atoms with van der Waals surface area (Å²) in [6, 6.07) is 7.12. The number of aliphatic imine (C=N–C) groups is 1. The molecule has 1 aromatic carbocycles. The number of likely N-dealkylation sites (tertiary alicyclic amines) is 1. The van der Waals surface area contributed by atoms with Gasteiger partial charge in [-0.2, -0.15) is 13.2 Å². The van der Waals surface area contributed by atoms with Gasteiger partial charge in [-0.1, -0.05) is 12.1 Å². The SMILES string of the molecule is NC(N)=Nc1ccc(CN2CCCC(N)C2=O)cc1.O=C(O)C(F)(F)F. The van der Waals surface area contributed by atoms with Crippen molar-refractivity contribution < 1.29 is 27.9 Å². The van der Waals surface area contributed by atoms with Crippen molar-refractivity contribution in [2.75, 3.05) is 6.54 Å². The molecule has 26 heavy (non-hydrogen) atoms. The molecule has 1 aromatic rings. The van der Waals surface area contributed by atoms with E-state index in [0.717, 1.165) is 24.9 Å². The van der Waals surface area contributed by atoms with Gasteiger partial charge in [0.15, 0.2) is 5.96 Å². The summed E-state index contributed by atoms with van der Waals surface area (Å²) in [6.45, 7) is 1.34. The highest BCUT2D eigenvalue weighted by molar-refractivity contribution is 5.82. The number of rotatable bonds is 3. The Bertz CT molecular complexity index is 657. The number of halogens is 3. The summed E-state index contributed by atoms with van der Waals surface area (Å²) in [5, 5.41) is 7.12.